The first-order chi connectivity index (χ1) is 18.8. The van der Waals surface area contributed by atoms with Gasteiger partial charge in [0.1, 0.15) is 24.7 Å². The van der Waals surface area contributed by atoms with E-state index < -0.39 is 0 Å². The van der Waals surface area contributed by atoms with Gasteiger partial charge in [-0.15, -0.1) is 0 Å². The van der Waals surface area contributed by atoms with Crippen LogP contribution in [0.2, 0.25) is 0 Å². The minimum absolute atomic E-state index is 0.417. The number of benzene rings is 4. The van der Waals surface area contributed by atoms with Gasteiger partial charge in [0.15, 0.2) is 0 Å². The molecule has 4 aromatic carbocycles. The predicted octanol–water partition coefficient (Wildman–Crippen LogP) is 6.06. The van der Waals surface area contributed by atoms with Gasteiger partial charge in [0.25, 0.3) is 0 Å². The summed E-state index contributed by atoms with van der Waals surface area (Å²) in [5.41, 5.74) is 2.35. The van der Waals surface area contributed by atoms with Gasteiger partial charge < -0.3 is 28.4 Å². The largest absolute Gasteiger partial charge is 0.490 e. The van der Waals surface area contributed by atoms with Crippen molar-refractivity contribution in [2.24, 2.45) is 0 Å². The standard InChI is InChI=1S/C32H34O6/c1-3-27-17-29(7-5-25(27)15-23(1)19-33-11-9-31-21-37-31)35-13-14-36-30-8-6-26-16-24(2-4-28(26)18-30)20-34-12-10-32-22-38-32/h1-8,15-18,31-32H,9-14,19-22H2. The lowest BCUT2D eigenvalue weighted by Crippen LogP contribution is -2.08. The number of rotatable bonds is 15. The normalized spacial score (nSPS) is 18.1. The molecule has 2 fully saturated rings. The molecule has 2 unspecified atom stereocenters. The molecule has 0 radical (unpaired) electrons. The highest BCUT2D eigenvalue weighted by Crippen LogP contribution is 2.25. The van der Waals surface area contributed by atoms with Crippen molar-refractivity contribution in [2.75, 3.05) is 39.6 Å². The first-order valence-electron chi connectivity index (χ1n) is 13.5. The van der Waals surface area contributed by atoms with Crippen molar-refractivity contribution in [2.45, 2.75) is 38.3 Å². The minimum atomic E-state index is 0.417. The summed E-state index contributed by atoms with van der Waals surface area (Å²) in [6, 6.07) is 25.2. The van der Waals surface area contributed by atoms with Gasteiger partial charge in [0.05, 0.1) is 38.6 Å². The number of ether oxygens (including phenoxy) is 6. The van der Waals surface area contributed by atoms with Crippen LogP contribution >= 0.6 is 0 Å². The lowest BCUT2D eigenvalue weighted by atomic mass is 10.1. The van der Waals surface area contributed by atoms with E-state index in [1.54, 1.807) is 0 Å². The monoisotopic (exact) mass is 514 g/mol. The maximum atomic E-state index is 5.96. The molecule has 2 atom stereocenters. The van der Waals surface area contributed by atoms with E-state index in [1.165, 1.54) is 21.9 Å². The highest BCUT2D eigenvalue weighted by molar-refractivity contribution is 5.85. The fourth-order valence-corrected chi connectivity index (χ4v) is 4.50. The molecule has 0 amide bonds. The van der Waals surface area contributed by atoms with Crippen molar-refractivity contribution < 1.29 is 28.4 Å². The van der Waals surface area contributed by atoms with E-state index in [1.807, 2.05) is 12.1 Å². The fourth-order valence-electron chi connectivity index (χ4n) is 4.50. The Balaban J connectivity index is 0.945. The second-order valence-corrected chi connectivity index (χ2v) is 9.98. The molecule has 4 aromatic rings. The van der Waals surface area contributed by atoms with Gasteiger partial charge in [-0.1, -0.05) is 36.4 Å². The summed E-state index contributed by atoms with van der Waals surface area (Å²) in [4.78, 5) is 0. The Morgan fingerprint density at radius 3 is 1.39 bits per heavy atom. The number of hydrogen-bond acceptors (Lipinski definition) is 6. The molecule has 2 saturated heterocycles. The van der Waals surface area contributed by atoms with Gasteiger partial charge in [0.2, 0.25) is 0 Å². The second kappa shape index (κ2) is 12.1. The van der Waals surface area contributed by atoms with Crippen LogP contribution in [-0.4, -0.2) is 51.8 Å². The Hall–Kier alpha value is -3.16. The average molecular weight is 515 g/mol. The Labute approximate surface area is 223 Å². The predicted molar refractivity (Wildman–Crippen MR) is 147 cm³/mol. The van der Waals surface area contributed by atoms with Crippen molar-refractivity contribution in [3.8, 4) is 11.5 Å². The van der Waals surface area contributed by atoms with Gasteiger partial charge in [-0.25, -0.2) is 0 Å². The molecule has 2 heterocycles. The summed E-state index contributed by atoms with van der Waals surface area (Å²) < 4.78 is 33.9. The van der Waals surface area contributed by atoms with Crippen molar-refractivity contribution >= 4 is 21.5 Å². The van der Waals surface area contributed by atoms with E-state index in [0.717, 1.165) is 61.5 Å². The smallest absolute Gasteiger partial charge is 0.122 e. The molecular formula is C32H34O6. The Morgan fingerprint density at radius 2 is 0.947 bits per heavy atom. The third-order valence-electron chi connectivity index (χ3n) is 6.88. The van der Waals surface area contributed by atoms with E-state index >= 15 is 0 Å². The molecular weight excluding hydrogens is 480 g/mol. The van der Waals surface area contributed by atoms with Crippen molar-refractivity contribution in [3.63, 3.8) is 0 Å². The van der Waals surface area contributed by atoms with E-state index in [-0.39, 0.29) is 0 Å². The van der Waals surface area contributed by atoms with Crippen LogP contribution < -0.4 is 9.47 Å². The maximum absolute atomic E-state index is 5.96. The molecule has 0 aromatic heterocycles. The molecule has 0 saturated carbocycles. The summed E-state index contributed by atoms with van der Waals surface area (Å²) in [6.07, 6.45) is 2.79. The zero-order valence-corrected chi connectivity index (χ0v) is 21.6. The fraction of sp³-hybridized carbons (Fsp3) is 0.375. The SMILES string of the molecule is c1cc2cc(OCCOc3ccc4cc(COCCC5CO5)ccc4c3)ccc2cc1COCCC1CO1. The van der Waals surface area contributed by atoms with Crippen LogP contribution in [0.5, 0.6) is 11.5 Å². The zero-order chi connectivity index (χ0) is 25.6. The molecule has 2 aliphatic rings. The van der Waals surface area contributed by atoms with Crippen LogP contribution in [0.25, 0.3) is 21.5 Å². The van der Waals surface area contributed by atoms with Crippen LogP contribution in [0, 0.1) is 0 Å². The van der Waals surface area contributed by atoms with E-state index in [4.69, 9.17) is 28.4 Å². The quantitative estimate of drug-likeness (QED) is 0.142. The first-order valence-corrected chi connectivity index (χ1v) is 13.5. The second-order valence-electron chi connectivity index (χ2n) is 9.98. The minimum Gasteiger partial charge on any atom is -0.490 e. The van der Waals surface area contributed by atoms with Gasteiger partial charge in [0, 0.05) is 13.2 Å². The van der Waals surface area contributed by atoms with E-state index in [0.29, 0.717) is 38.6 Å². The van der Waals surface area contributed by atoms with Gasteiger partial charge in [-0.05, 0) is 81.9 Å². The summed E-state index contributed by atoms with van der Waals surface area (Å²) in [7, 11) is 0. The molecule has 2 aliphatic heterocycles. The van der Waals surface area contributed by atoms with Gasteiger partial charge >= 0.3 is 0 Å². The highest BCUT2D eigenvalue weighted by atomic mass is 16.6. The summed E-state index contributed by atoms with van der Waals surface area (Å²) in [5.74, 6) is 1.68. The van der Waals surface area contributed by atoms with E-state index in [9.17, 15) is 0 Å². The molecule has 38 heavy (non-hydrogen) atoms. The lowest BCUT2D eigenvalue weighted by molar-refractivity contribution is 0.113. The van der Waals surface area contributed by atoms with Crippen molar-refractivity contribution in [1.29, 1.82) is 0 Å². The third kappa shape index (κ3) is 7.23. The van der Waals surface area contributed by atoms with Crippen LogP contribution in [0.3, 0.4) is 0 Å². The van der Waals surface area contributed by atoms with E-state index in [2.05, 4.69) is 60.7 Å². The van der Waals surface area contributed by atoms with Crippen LogP contribution in [-0.2, 0) is 32.2 Å². The molecule has 0 aliphatic carbocycles. The summed E-state index contributed by atoms with van der Waals surface area (Å²) >= 11 is 0. The summed E-state index contributed by atoms with van der Waals surface area (Å²) in [6.45, 7) is 5.44. The third-order valence-corrected chi connectivity index (χ3v) is 6.88. The molecule has 198 valence electrons. The first kappa shape index (κ1) is 25.1. The maximum Gasteiger partial charge on any atom is 0.122 e. The average Bonchev–Trinajstić information content (AvgIpc) is 3.88. The number of fused-ring (bicyclic) bond motifs is 2. The topological polar surface area (TPSA) is 62.0 Å². The molecule has 6 nitrogen and oxygen atoms in total. The Kier molecular flexibility index (Phi) is 8.03. The number of epoxide rings is 2. The molecule has 0 N–H and O–H groups in total. The molecule has 6 heteroatoms. The van der Waals surface area contributed by atoms with Gasteiger partial charge in [-0.3, -0.25) is 0 Å². The highest BCUT2D eigenvalue weighted by Gasteiger charge is 2.22. The van der Waals surface area contributed by atoms with Crippen LogP contribution in [0.1, 0.15) is 24.0 Å². The molecule has 0 bridgehead atoms. The Bertz CT molecular complexity index is 1260. The lowest BCUT2D eigenvalue weighted by Gasteiger charge is -2.11. The molecule has 0 spiro atoms. The molecule has 6 rings (SSSR count). The van der Waals surface area contributed by atoms with Crippen LogP contribution in [0.4, 0.5) is 0 Å². The van der Waals surface area contributed by atoms with Crippen molar-refractivity contribution in [1.82, 2.24) is 0 Å². The summed E-state index contributed by atoms with van der Waals surface area (Å²) in [5, 5.41) is 4.66. The number of hydrogen-bond donors (Lipinski definition) is 0. The van der Waals surface area contributed by atoms with Crippen molar-refractivity contribution in [3.05, 3.63) is 83.9 Å². The van der Waals surface area contributed by atoms with Crippen LogP contribution in [0.15, 0.2) is 72.8 Å². The zero-order valence-electron chi connectivity index (χ0n) is 21.6. The van der Waals surface area contributed by atoms with Gasteiger partial charge in [-0.2, -0.15) is 0 Å². The Morgan fingerprint density at radius 1 is 0.526 bits per heavy atom.